The molecule has 1 aliphatic heterocycles. The molecule has 0 aromatic heterocycles. The van der Waals surface area contributed by atoms with Crippen LogP contribution in [-0.4, -0.2) is 18.8 Å². The lowest BCUT2D eigenvalue weighted by atomic mass is 9.51. The van der Waals surface area contributed by atoms with E-state index in [4.69, 9.17) is 4.74 Å². The van der Waals surface area contributed by atoms with Crippen molar-refractivity contribution in [3.05, 3.63) is 16.1 Å². The second kappa shape index (κ2) is 10.1. The van der Waals surface area contributed by atoms with Crippen LogP contribution in [0.3, 0.4) is 0 Å². The summed E-state index contributed by atoms with van der Waals surface area (Å²) in [6.07, 6.45) is 12.5. The fourth-order valence-electron chi connectivity index (χ4n) is 7.74. The van der Waals surface area contributed by atoms with Gasteiger partial charge in [-0.2, -0.15) is 4.91 Å². The summed E-state index contributed by atoms with van der Waals surface area (Å²) in [6, 6.07) is 0.0582. The Balaban J connectivity index is 0.00000132. The number of rotatable bonds is 6. The molecule has 4 rings (SSSR count). The van der Waals surface area contributed by atoms with E-state index >= 15 is 0 Å². The van der Waals surface area contributed by atoms with Crippen LogP contribution in [-0.2, 0) is 4.74 Å². The second-order valence-corrected chi connectivity index (χ2v) is 11.8. The average Bonchev–Trinajstić information content (AvgIpc) is 3.11. The Kier molecular flexibility index (Phi) is 8.09. The molecule has 4 aliphatic rings. The number of ether oxygens (including phenoxy) is 1. The zero-order chi connectivity index (χ0) is 22.8. The van der Waals surface area contributed by atoms with Crippen molar-refractivity contribution in [1.82, 2.24) is 0 Å². The summed E-state index contributed by atoms with van der Waals surface area (Å²) in [5.41, 5.74) is 4.02. The average molecular weight is 432 g/mol. The lowest BCUT2D eigenvalue weighted by molar-refractivity contribution is 0.0353. The summed E-state index contributed by atoms with van der Waals surface area (Å²) in [6.45, 7) is 17.2. The molecular formula is C28H49NO2. The van der Waals surface area contributed by atoms with Gasteiger partial charge in [-0.15, -0.1) is 0 Å². The fraction of sp³-hybridized carbons (Fsp3) is 0.929. The predicted molar refractivity (Wildman–Crippen MR) is 131 cm³/mol. The Morgan fingerprint density at radius 3 is 2.48 bits per heavy atom. The molecule has 0 bridgehead atoms. The van der Waals surface area contributed by atoms with Gasteiger partial charge in [-0.25, -0.2) is 0 Å². The molecule has 2 fully saturated rings. The van der Waals surface area contributed by atoms with Gasteiger partial charge in [-0.3, -0.25) is 0 Å². The number of nitroso groups, excluding NO2 is 1. The third-order valence-corrected chi connectivity index (χ3v) is 9.69. The minimum atomic E-state index is 0.0582. The van der Waals surface area contributed by atoms with E-state index in [1.807, 2.05) is 13.8 Å². The molecule has 7 unspecified atom stereocenters. The third-order valence-electron chi connectivity index (χ3n) is 9.69. The maximum Gasteiger partial charge on any atom is 0.0923 e. The van der Waals surface area contributed by atoms with Crippen LogP contribution in [0.15, 0.2) is 16.3 Å². The molecule has 7 atom stereocenters. The third kappa shape index (κ3) is 4.55. The maximum absolute atomic E-state index is 11.1. The number of hydrogen-bond donors (Lipinski definition) is 0. The van der Waals surface area contributed by atoms with Gasteiger partial charge in [-0.1, -0.05) is 78.5 Å². The van der Waals surface area contributed by atoms with Gasteiger partial charge in [0.1, 0.15) is 0 Å². The number of nitrogens with zero attached hydrogens (tertiary/aromatic N) is 1. The van der Waals surface area contributed by atoms with E-state index in [1.54, 1.807) is 11.1 Å². The first-order valence-corrected chi connectivity index (χ1v) is 13.5. The van der Waals surface area contributed by atoms with Crippen molar-refractivity contribution in [1.29, 1.82) is 0 Å². The van der Waals surface area contributed by atoms with E-state index in [9.17, 15) is 4.91 Å². The Morgan fingerprint density at radius 2 is 1.81 bits per heavy atom. The van der Waals surface area contributed by atoms with E-state index in [-0.39, 0.29) is 6.04 Å². The van der Waals surface area contributed by atoms with Crippen LogP contribution in [0.25, 0.3) is 0 Å². The van der Waals surface area contributed by atoms with E-state index in [0.29, 0.717) is 28.8 Å². The van der Waals surface area contributed by atoms with E-state index in [0.717, 1.165) is 37.7 Å². The molecule has 0 spiro atoms. The Labute approximate surface area is 192 Å². The van der Waals surface area contributed by atoms with Gasteiger partial charge < -0.3 is 4.74 Å². The highest BCUT2D eigenvalue weighted by Crippen LogP contribution is 2.62. The van der Waals surface area contributed by atoms with Crippen molar-refractivity contribution < 1.29 is 4.74 Å². The molecule has 3 nitrogen and oxygen atoms in total. The van der Waals surface area contributed by atoms with Crippen molar-refractivity contribution in [2.45, 2.75) is 125 Å². The summed E-state index contributed by atoms with van der Waals surface area (Å²) < 4.78 is 6.63. The molecule has 1 saturated heterocycles. The monoisotopic (exact) mass is 431 g/mol. The highest BCUT2D eigenvalue weighted by atomic mass is 16.5. The molecule has 0 aromatic rings. The molecule has 0 aromatic carbocycles. The zero-order valence-corrected chi connectivity index (χ0v) is 21.5. The molecule has 31 heavy (non-hydrogen) atoms. The summed E-state index contributed by atoms with van der Waals surface area (Å²) in [5.74, 6) is 2.92. The highest BCUT2D eigenvalue weighted by molar-refractivity contribution is 5.35. The van der Waals surface area contributed by atoms with Gasteiger partial charge in [0.05, 0.1) is 18.8 Å². The van der Waals surface area contributed by atoms with E-state index < -0.39 is 0 Å². The van der Waals surface area contributed by atoms with Crippen molar-refractivity contribution in [2.75, 3.05) is 6.61 Å². The molecule has 3 heteroatoms. The van der Waals surface area contributed by atoms with Gasteiger partial charge in [0, 0.05) is 5.41 Å². The minimum absolute atomic E-state index is 0.0582. The van der Waals surface area contributed by atoms with Gasteiger partial charge in [0.25, 0.3) is 0 Å². The van der Waals surface area contributed by atoms with Gasteiger partial charge in [0.15, 0.2) is 0 Å². The van der Waals surface area contributed by atoms with E-state index in [1.165, 1.54) is 44.9 Å². The first kappa shape index (κ1) is 24.9. The topological polar surface area (TPSA) is 38.7 Å². The van der Waals surface area contributed by atoms with Gasteiger partial charge in [0.2, 0.25) is 0 Å². The van der Waals surface area contributed by atoms with Crippen molar-refractivity contribution in [3.63, 3.8) is 0 Å². The Morgan fingerprint density at radius 1 is 1.06 bits per heavy atom. The molecule has 1 heterocycles. The minimum Gasteiger partial charge on any atom is -0.373 e. The van der Waals surface area contributed by atoms with Crippen molar-refractivity contribution >= 4 is 0 Å². The summed E-state index contributed by atoms with van der Waals surface area (Å²) in [4.78, 5) is 11.1. The van der Waals surface area contributed by atoms with Crippen LogP contribution in [0, 0.1) is 39.4 Å². The van der Waals surface area contributed by atoms with Crippen LogP contribution in [0.1, 0.15) is 113 Å². The Bertz CT molecular complexity index is 655. The lowest BCUT2D eigenvalue weighted by Gasteiger charge is -2.54. The van der Waals surface area contributed by atoms with E-state index in [2.05, 4.69) is 39.8 Å². The smallest absolute Gasteiger partial charge is 0.0923 e. The Hall–Kier alpha value is -0.700. The highest BCUT2D eigenvalue weighted by Gasteiger charge is 2.57. The summed E-state index contributed by atoms with van der Waals surface area (Å²) >= 11 is 0. The number of allylic oxidation sites excluding steroid dienone is 1. The fourth-order valence-corrected chi connectivity index (χ4v) is 7.74. The van der Waals surface area contributed by atoms with Gasteiger partial charge in [-0.05, 0) is 79.6 Å². The SMILES string of the molecule is CC.CC(C)CCCC(C)C1COC2C3=C(CCC21C)C1(C)CCC(N=O)CC1CC3. The molecule has 3 aliphatic carbocycles. The van der Waals surface area contributed by atoms with Crippen LogP contribution in [0.2, 0.25) is 0 Å². The molecule has 178 valence electrons. The second-order valence-electron chi connectivity index (χ2n) is 11.8. The largest absolute Gasteiger partial charge is 0.373 e. The molecule has 0 radical (unpaired) electrons. The van der Waals surface area contributed by atoms with Crippen LogP contribution in [0.4, 0.5) is 0 Å². The molecular weight excluding hydrogens is 382 g/mol. The van der Waals surface area contributed by atoms with Crippen LogP contribution in [0.5, 0.6) is 0 Å². The predicted octanol–water partition coefficient (Wildman–Crippen LogP) is 8.32. The summed E-state index contributed by atoms with van der Waals surface area (Å²) in [7, 11) is 0. The lowest BCUT2D eigenvalue weighted by Crippen LogP contribution is -2.47. The van der Waals surface area contributed by atoms with Crippen LogP contribution >= 0.6 is 0 Å². The first-order valence-electron chi connectivity index (χ1n) is 13.5. The number of hydrogen-bond acceptors (Lipinski definition) is 3. The van der Waals surface area contributed by atoms with Crippen molar-refractivity contribution in [3.8, 4) is 0 Å². The molecule has 0 amide bonds. The van der Waals surface area contributed by atoms with Crippen molar-refractivity contribution in [2.24, 2.45) is 39.7 Å². The first-order chi connectivity index (χ1) is 14.8. The normalized spacial score (nSPS) is 40.4. The number of fused-ring (bicyclic) bond motifs is 4. The van der Waals surface area contributed by atoms with Crippen LogP contribution < -0.4 is 0 Å². The molecule has 0 N–H and O–H groups in total. The maximum atomic E-state index is 11.1. The standard InChI is InChI=1S/C26H43NO2.C2H6/c1-17(2)7-6-8-18(3)23-16-29-24-21-10-9-19-15-20(27-28)11-13-25(19,4)22(21)12-14-26(23,24)5;1-2/h17-20,23-24H,6-16H2,1-5H3;1-2H3. The zero-order valence-electron chi connectivity index (χ0n) is 21.5. The van der Waals surface area contributed by atoms with Gasteiger partial charge >= 0.3 is 0 Å². The molecule has 1 saturated carbocycles. The quantitative estimate of drug-likeness (QED) is 0.313. The summed E-state index contributed by atoms with van der Waals surface area (Å²) in [5, 5.41) is 3.41.